The normalized spacial score (nSPS) is 23.1. The van der Waals surface area contributed by atoms with Gasteiger partial charge in [0, 0.05) is 44.6 Å². The average molecular weight is 355 g/mol. The second-order valence-electron chi connectivity index (χ2n) is 7.66. The Kier molecular flexibility index (Phi) is 5.20. The molecule has 1 aromatic rings. The molecule has 1 aliphatic carbocycles. The van der Waals surface area contributed by atoms with Crippen molar-refractivity contribution in [3.8, 4) is 0 Å². The predicted octanol–water partition coefficient (Wildman–Crippen LogP) is 2.23. The van der Waals surface area contributed by atoms with E-state index in [0.717, 1.165) is 75.6 Å². The Morgan fingerprint density at radius 1 is 1.31 bits per heavy atom. The van der Waals surface area contributed by atoms with E-state index in [2.05, 4.69) is 22.8 Å². The zero-order chi connectivity index (χ0) is 17.9. The lowest BCUT2D eigenvalue weighted by molar-refractivity contribution is -0.132. The van der Waals surface area contributed by atoms with E-state index < -0.39 is 0 Å². The molecule has 1 aromatic heterocycles. The Morgan fingerprint density at radius 3 is 2.88 bits per heavy atom. The van der Waals surface area contributed by atoms with Crippen LogP contribution in [0.15, 0.2) is 12.2 Å². The van der Waals surface area contributed by atoms with Gasteiger partial charge in [-0.25, -0.2) is 9.97 Å². The molecular formula is C20H29N5O. The van der Waals surface area contributed by atoms with Gasteiger partial charge in [0.05, 0.1) is 5.69 Å². The lowest BCUT2D eigenvalue weighted by Crippen LogP contribution is -2.39. The minimum Gasteiger partial charge on any atom is -0.373 e. The van der Waals surface area contributed by atoms with Gasteiger partial charge in [-0.15, -0.1) is 0 Å². The summed E-state index contributed by atoms with van der Waals surface area (Å²) in [6, 6.07) is 0. The maximum Gasteiger partial charge on any atom is 0.223 e. The van der Waals surface area contributed by atoms with Crippen LogP contribution in [-0.2, 0) is 17.8 Å². The van der Waals surface area contributed by atoms with Gasteiger partial charge in [-0.2, -0.15) is 0 Å². The van der Waals surface area contributed by atoms with Crippen LogP contribution in [0.1, 0.15) is 55.1 Å². The van der Waals surface area contributed by atoms with E-state index in [1.165, 1.54) is 5.56 Å². The summed E-state index contributed by atoms with van der Waals surface area (Å²) >= 11 is 0. The highest BCUT2D eigenvalue weighted by Gasteiger charge is 2.28. The van der Waals surface area contributed by atoms with Gasteiger partial charge in [0.1, 0.15) is 11.6 Å². The molecule has 2 N–H and O–H groups in total. The second kappa shape index (κ2) is 7.74. The Hall–Kier alpha value is -1.95. The van der Waals surface area contributed by atoms with Gasteiger partial charge >= 0.3 is 0 Å². The number of amides is 1. The van der Waals surface area contributed by atoms with Crippen LogP contribution in [0.25, 0.3) is 0 Å². The molecule has 140 valence electrons. The van der Waals surface area contributed by atoms with Crippen LogP contribution < -0.4 is 10.6 Å². The third-order valence-electron chi connectivity index (χ3n) is 5.95. The standard InChI is InChI=1S/C20H29N5O/c1-21-20-16-6-9-22-13-17(16)23-19(24-20)15-7-10-25(11-8-15)18(26)12-14-4-2-3-5-14/h2,4,14-15,22H,3,5-13H2,1H3,(H,21,23,24)/t14-/m0/s1. The number of nitrogens with one attached hydrogen (secondary N) is 2. The van der Waals surface area contributed by atoms with Crippen LogP contribution in [0, 0.1) is 5.92 Å². The molecule has 0 aromatic carbocycles. The van der Waals surface area contributed by atoms with Crippen LogP contribution in [0.5, 0.6) is 0 Å². The van der Waals surface area contributed by atoms with Crippen LogP contribution in [0.4, 0.5) is 5.82 Å². The SMILES string of the molecule is CNc1nc(C2CCN(C(=O)C[C@H]3C=CCC3)CC2)nc2c1CCNC2. The summed E-state index contributed by atoms with van der Waals surface area (Å²) in [5, 5.41) is 6.65. The third-order valence-corrected chi connectivity index (χ3v) is 5.95. The molecule has 0 spiro atoms. The van der Waals surface area contributed by atoms with E-state index >= 15 is 0 Å². The molecule has 1 atom stereocenters. The second-order valence-corrected chi connectivity index (χ2v) is 7.66. The van der Waals surface area contributed by atoms with Crippen molar-refractivity contribution in [2.24, 2.45) is 5.92 Å². The molecule has 0 radical (unpaired) electrons. The predicted molar refractivity (Wildman–Crippen MR) is 102 cm³/mol. The summed E-state index contributed by atoms with van der Waals surface area (Å²) in [5.74, 6) is 3.05. The van der Waals surface area contributed by atoms with E-state index in [1.807, 2.05) is 11.9 Å². The number of carbonyl (C=O) groups excluding carboxylic acids is 1. The van der Waals surface area contributed by atoms with Crippen molar-refractivity contribution in [3.63, 3.8) is 0 Å². The average Bonchev–Trinajstić information content (AvgIpc) is 3.20. The molecule has 3 aliphatic rings. The summed E-state index contributed by atoms with van der Waals surface area (Å²) in [6.45, 7) is 3.47. The van der Waals surface area contributed by atoms with E-state index in [9.17, 15) is 4.79 Å². The number of carbonyl (C=O) groups is 1. The largest absolute Gasteiger partial charge is 0.373 e. The van der Waals surface area contributed by atoms with E-state index in [1.54, 1.807) is 0 Å². The van der Waals surface area contributed by atoms with E-state index in [0.29, 0.717) is 24.2 Å². The maximum atomic E-state index is 12.5. The molecule has 0 saturated carbocycles. The van der Waals surface area contributed by atoms with Gasteiger partial charge in [0.2, 0.25) is 5.91 Å². The van der Waals surface area contributed by atoms with Gasteiger partial charge in [-0.3, -0.25) is 4.79 Å². The van der Waals surface area contributed by atoms with Crippen molar-refractivity contribution in [2.75, 3.05) is 32.0 Å². The molecule has 2 aliphatic heterocycles. The summed E-state index contributed by atoms with van der Waals surface area (Å²) in [7, 11) is 1.94. The summed E-state index contributed by atoms with van der Waals surface area (Å²) < 4.78 is 0. The molecule has 1 amide bonds. The Morgan fingerprint density at radius 2 is 2.15 bits per heavy atom. The number of rotatable bonds is 4. The number of hydrogen-bond donors (Lipinski definition) is 2. The van der Waals surface area contributed by atoms with Crippen molar-refractivity contribution in [3.05, 3.63) is 29.2 Å². The van der Waals surface area contributed by atoms with Crippen molar-refractivity contribution >= 4 is 11.7 Å². The fraction of sp³-hybridized carbons (Fsp3) is 0.650. The Balaban J connectivity index is 1.40. The molecule has 0 bridgehead atoms. The number of likely N-dealkylation sites (tertiary alicyclic amines) is 1. The van der Waals surface area contributed by atoms with Crippen LogP contribution in [0.2, 0.25) is 0 Å². The van der Waals surface area contributed by atoms with Crippen molar-refractivity contribution in [1.29, 1.82) is 0 Å². The topological polar surface area (TPSA) is 70.2 Å². The first kappa shape index (κ1) is 17.5. The highest BCUT2D eigenvalue weighted by Crippen LogP contribution is 2.30. The van der Waals surface area contributed by atoms with Gasteiger partial charge in [0.15, 0.2) is 0 Å². The smallest absolute Gasteiger partial charge is 0.223 e. The van der Waals surface area contributed by atoms with Gasteiger partial charge in [0.25, 0.3) is 0 Å². The number of hydrogen-bond acceptors (Lipinski definition) is 5. The first-order chi connectivity index (χ1) is 12.7. The highest BCUT2D eigenvalue weighted by atomic mass is 16.2. The quantitative estimate of drug-likeness (QED) is 0.811. The van der Waals surface area contributed by atoms with Gasteiger partial charge < -0.3 is 15.5 Å². The molecular weight excluding hydrogens is 326 g/mol. The molecule has 4 rings (SSSR count). The molecule has 1 fully saturated rings. The number of aromatic nitrogens is 2. The Labute approximate surface area is 155 Å². The zero-order valence-corrected chi connectivity index (χ0v) is 15.6. The fourth-order valence-corrected chi connectivity index (χ4v) is 4.37. The summed E-state index contributed by atoms with van der Waals surface area (Å²) in [4.78, 5) is 24.3. The summed E-state index contributed by atoms with van der Waals surface area (Å²) in [6.07, 6.45) is 10.2. The number of piperidine rings is 1. The van der Waals surface area contributed by atoms with Gasteiger partial charge in [-0.05, 0) is 44.6 Å². The van der Waals surface area contributed by atoms with Crippen molar-refractivity contribution in [2.45, 2.75) is 51.0 Å². The van der Waals surface area contributed by atoms with Crippen molar-refractivity contribution < 1.29 is 4.79 Å². The maximum absolute atomic E-state index is 12.5. The Bertz CT molecular complexity index is 676. The summed E-state index contributed by atoms with van der Waals surface area (Å²) in [5.41, 5.74) is 2.39. The molecule has 1 saturated heterocycles. The first-order valence-corrected chi connectivity index (χ1v) is 9.97. The minimum atomic E-state index is 0.312. The van der Waals surface area contributed by atoms with Crippen LogP contribution in [-0.4, -0.2) is 47.5 Å². The lowest BCUT2D eigenvalue weighted by Gasteiger charge is -2.32. The zero-order valence-electron chi connectivity index (χ0n) is 15.6. The number of nitrogens with zero attached hydrogens (tertiary/aromatic N) is 3. The minimum absolute atomic E-state index is 0.312. The van der Waals surface area contributed by atoms with Gasteiger partial charge in [-0.1, -0.05) is 12.2 Å². The molecule has 6 nitrogen and oxygen atoms in total. The number of fused-ring (bicyclic) bond motifs is 1. The molecule has 6 heteroatoms. The first-order valence-electron chi connectivity index (χ1n) is 9.97. The third kappa shape index (κ3) is 3.61. The van der Waals surface area contributed by atoms with Crippen LogP contribution in [0.3, 0.4) is 0 Å². The molecule has 0 unspecified atom stereocenters. The fourth-order valence-electron chi connectivity index (χ4n) is 4.37. The molecule has 3 heterocycles. The number of anilines is 1. The van der Waals surface area contributed by atoms with Crippen molar-refractivity contribution in [1.82, 2.24) is 20.2 Å². The monoisotopic (exact) mass is 355 g/mol. The van der Waals surface area contributed by atoms with E-state index in [-0.39, 0.29) is 0 Å². The number of allylic oxidation sites excluding steroid dienone is 2. The highest BCUT2D eigenvalue weighted by molar-refractivity contribution is 5.76. The van der Waals surface area contributed by atoms with E-state index in [4.69, 9.17) is 9.97 Å². The van der Waals surface area contributed by atoms with Crippen LogP contribution >= 0.6 is 0 Å². The molecule has 26 heavy (non-hydrogen) atoms. The lowest BCUT2D eigenvalue weighted by atomic mass is 9.94.